The number of ether oxygens (including phenoxy) is 2. The molecule has 0 aromatic heterocycles. The van der Waals surface area contributed by atoms with E-state index in [0.717, 1.165) is 22.6 Å². The molecule has 1 unspecified atom stereocenters. The van der Waals surface area contributed by atoms with Crippen molar-refractivity contribution < 1.29 is 9.47 Å². The highest BCUT2D eigenvalue weighted by molar-refractivity contribution is 5.46. The normalized spacial score (nSPS) is 12.0. The maximum Gasteiger partial charge on any atom is 0.127 e. The van der Waals surface area contributed by atoms with E-state index in [1.165, 1.54) is 5.56 Å². The van der Waals surface area contributed by atoms with Gasteiger partial charge in [0, 0.05) is 11.6 Å². The average molecular weight is 257 g/mol. The summed E-state index contributed by atoms with van der Waals surface area (Å²) in [6.45, 7) is 2.06. The average Bonchev–Trinajstić information content (AvgIpc) is 2.45. The first-order chi connectivity index (χ1) is 9.15. The summed E-state index contributed by atoms with van der Waals surface area (Å²) in [5, 5.41) is 0. The summed E-state index contributed by atoms with van der Waals surface area (Å²) in [5.41, 5.74) is 9.55. The fourth-order valence-electron chi connectivity index (χ4n) is 2.12. The van der Waals surface area contributed by atoms with Gasteiger partial charge in [0.2, 0.25) is 0 Å². The maximum absolute atomic E-state index is 6.33. The zero-order chi connectivity index (χ0) is 13.8. The summed E-state index contributed by atoms with van der Waals surface area (Å²) in [6, 6.07) is 13.7. The number of benzene rings is 2. The topological polar surface area (TPSA) is 44.5 Å². The van der Waals surface area contributed by atoms with Crippen molar-refractivity contribution in [1.82, 2.24) is 0 Å². The van der Waals surface area contributed by atoms with Crippen LogP contribution in [0.4, 0.5) is 0 Å². The fourth-order valence-corrected chi connectivity index (χ4v) is 2.12. The first-order valence-corrected chi connectivity index (χ1v) is 6.19. The summed E-state index contributed by atoms with van der Waals surface area (Å²) in [4.78, 5) is 0. The van der Waals surface area contributed by atoms with Crippen LogP contribution in [0.1, 0.15) is 22.7 Å². The zero-order valence-electron chi connectivity index (χ0n) is 11.5. The van der Waals surface area contributed by atoms with Crippen LogP contribution in [0, 0.1) is 6.92 Å². The third-order valence-electron chi connectivity index (χ3n) is 3.18. The molecule has 0 aliphatic carbocycles. The van der Waals surface area contributed by atoms with E-state index in [0.29, 0.717) is 0 Å². The Kier molecular flexibility index (Phi) is 4.07. The van der Waals surface area contributed by atoms with Gasteiger partial charge in [0.15, 0.2) is 0 Å². The van der Waals surface area contributed by atoms with Crippen LogP contribution in [-0.4, -0.2) is 14.2 Å². The lowest BCUT2D eigenvalue weighted by molar-refractivity contribution is 0.390. The number of methoxy groups -OCH3 is 2. The van der Waals surface area contributed by atoms with E-state index in [1.54, 1.807) is 14.2 Å². The highest BCUT2D eigenvalue weighted by Gasteiger charge is 2.14. The van der Waals surface area contributed by atoms with Crippen molar-refractivity contribution in [2.45, 2.75) is 13.0 Å². The van der Waals surface area contributed by atoms with Gasteiger partial charge in [0.1, 0.15) is 11.5 Å². The molecule has 0 saturated carbocycles. The van der Waals surface area contributed by atoms with E-state index in [1.807, 2.05) is 30.3 Å². The Morgan fingerprint density at radius 1 is 1.00 bits per heavy atom. The number of hydrogen-bond donors (Lipinski definition) is 1. The fraction of sp³-hybridized carbons (Fsp3) is 0.250. The van der Waals surface area contributed by atoms with Crippen molar-refractivity contribution in [1.29, 1.82) is 0 Å². The molecule has 0 spiro atoms. The SMILES string of the molecule is COc1ccc(C(N)c2cccc(C)c2)c(OC)c1. The van der Waals surface area contributed by atoms with E-state index in [2.05, 4.69) is 19.1 Å². The molecular weight excluding hydrogens is 238 g/mol. The maximum atomic E-state index is 6.33. The van der Waals surface area contributed by atoms with Gasteiger partial charge in [-0.05, 0) is 24.6 Å². The Labute approximate surface area is 114 Å². The number of rotatable bonds is 4. The predicted octanol–water partition coefficient (Wildman–Crippen LogP) is 3.06. The van der Waals surface area contributed by atoms with Gasteiger partial charge in [-0.15, -0.1) is 0 Å². The second-order valence-electron chi connectivity index (χ2n) is 4.50. The summed E-state index contributed by atoms with van der Waals surface area (Å²) < 4.78 is 10.6. The highest BCUT2D eigenvalue weighted by atomic mass is 16.5. The predicted molar refractivity (Wildman–Crippen MR) is 76.8 cm³/mol. The molecule has 0 aliphatic rings. The zero-order valence-corrected chi connectivity index (χ0v) is 11.5. The van der Waals surface area contributed by atoms with Crippen LogP contribution in [0.3, 0.4) is 0 Å². The van der Waals surface area contributed by atoms with Crippen molar-refractivity contribution in [3.8, 4) is 11.5 Å². The minimum absolute atomic E-state index is 0.208. The van der Waals surface area contributed by atoms with Crippen LogP contribution >= 0.6 is 0 Å². The Bertz CT molecular complexity index is 566. The molecule has 0 radical (unpaired) electrons. The number of hydrogen-bond acceptors (Lipinski definition) is 3. The second kappa shape index (κ2) is 5.76. The summed E-state index contributed by atoms with van der Waals surface area (Å²) in [7, 11) is 3.27. The standard InChI is InChI=1S/C16H19NO2/c1-11-5-4-6-12(9-11)16(17)14-8-7-13(18-2)10-15(14)19-3/h4-10,16H,17H2,1-3H3. The van der Waals surface area contributed by atoms with Crippen LogP contribution in [0.5, 0.6) is 11.5 Å². The van der Waals surface area contributed by atoms with Crippen LogP contribution in [0.15, 0.2) is 42.5 Å². The van der Waals surface area contributed by atoms with Gasteiger partial charge in [0.25, 0.3) is 0 Å². The van der Waals surface area contributed by atoms with Crippen molar-refractivity contribution in [3.63, 3.8) is 0 Å². The molecule has 2 aromatic rings. The Morgan fingerprint density at radius 3 is 2.42 bits per heavy atom. The van der Waals surface area contributed by atoms with E-state index < -0.39 is 0 Å². The quantitative estimate of drug-likeness (QED) is 0.915. The summed E-state index contributed by atoms with van der Waals surface area (Å²) in [6.07, 6.45) is 0. The molecule has 0 saturated heterocycles. The molecule has 100 valence electrons. The first-order valence-electron chi connectivity index (χ1n) is 6.19. The van der Waals surface area contributed by atoms with E-state index >= 15 is 0 Å². The minimum Gasteiger partial charge on any atom is -0.497 e. The minimum atomic E-state index is -0.208. The summed E-state index contributed by atoms with van der Waals surface area (Å²) in [5.74, 6) is 1.50. The Hall–Kier alpha value is -2.00. The van der Waals surface area contributed by atoms with Crippen LogP contribution in [0.2, 0.25) is 0 Å². The molecule has 2 rings (SSSR count). The van der Waals surface area contributed by atoms with Crippen LogP contribution in [0.25, 0.3) is 0 Å². The first kappa shape index (κ1) is 13.4. The van der Waals surface area contributed by atoms with Crippen molar-refractivity contribution >= 4 is 0 Å². The van der Waals surface area contributed by atoms with Crippen molar-refractivity contribution in [3.05, 3.63) is 59.2 Å². The summed E-state index contributed by atoms with van der Waals surface area (Å²) >= 11 is 0. The van der Waals surface area contributed by atoms with Gasteiger partial charge in [-0.2, -0.15) is 0 Å². The number of nitrogens with two attached hydrogens (primary N) is 1. The third kappa shape index (κ3) is 2.88. The molecule has 0 amide bonds. The lowest BCUT2D eigenvalue weighted by Gasteiger charge is -2.17. The monoisotopic (exact) mass is 257 g/mol. The smallest absolute Gasteiger partial charge is 0.127 e. The molecule has 2 N–H and O–H groups in total. The van der Waals surface area contributed by atoms with E-state index in [4.69, 9.17) is 15.2 Å². The van der Waals surface area contributed by atoms with Gasteiger partial charge in [-0.25, -0.2) is 0 Å². The van der Waals surface area contributed by atoms with Gasteiger partial charge in [-0.1, -0.05) is 29.8 Å². The van der Waals surface area contributed by atoms with Gasteiger partial charge < -0.3 is 15.2 Å². The largest absolute Gasteiger partial charge is 0.497 e. The van der Waals surface area contributed by atoms with Gasteiger partial charge in [0.05, 0.1) is 20.3 Å². The third-order valence-corrected chi connectivity index (χ3v) is 3.18. The molecule has 0 fully saturated rings. The Balaban J connectivity index is 2.40. The second-order valence-corrected chi connectivity index (χ2v) is 4.50. The van der Waals surface area contributed by atoms with E-state index in [9.17, 15) is 0 Å². The van der Waals surface area contributed by atoms with Crippen molar-refractivity contribution in [2.24, 2.45) is 5.73 Å². The van der Waals surface area contributed by atoms with Crippen molar-refractivity contribution in [2.75, 3.05) is 14.2 Å². The molecule has 19 heavy (non-hydrogen) atoms. The molecule has 0 heterocycles. The molecule has 0 bridgehead atoms. The van der Waals surface area contributed by atoms with Gasteiger partial charge >= 0.3 is 0 Å². The van der Waals surface area contributed by atoms with Gasteiger partial charge in [-0.3, -0.25) is 0 Å². The molecule has 2 aromatic carbocycles. The molecule has 3 nitrogen and oxygen atoms in total. The molecular formula is C16H19NO2. The van der Waals surface area contributed by atoms with Crippen LogP contribution in [-0.2, 0) is 0 Å². The lowest BCUT2D eigenvalue weighted by atomic mass is 9.97. The molecule has 0 aliphatic heterocycles. The lowest BCUT2D eigenvalue weighted by Crippen LogP contribution is -2.13. The number of aryl methyl sites for hydroxylation is 1. The van der Waals surface area contributed by atoms with E-state index in [-0.39, 0.29) is 6.04 Å². The highest BCUT2D eigenvalue weighted by Crippen LogP contribution is 2.31. The van der Waals surface area contributed by atoms with Crippen LogP contribution < -0.4 is 15.2 Å². The Morgan fingerprint density at radius 2 is 1.79 bits per heavy atom. The molecule has 1 atom stereocenters. The molecule has 3 heteroatoms.